The Bertz CT molecular complexity index is 1120. The summed E-state index contributed by atoms with van der Waals surface area (Å²) in [5, 5.41) is 7.20. The van der Waals surface area contributed by atoms with Gasteiger partial charge in [0.25, 0.3) is 0 Å². The van der Waals surface area contributed by atoms with Gasteiger partial charge in [0.1, 0.15) is 17.5 Å². The van der Waals surface area contributed by atoms with E-state index in [0.717, 1.165) is 28.1 Å². The highest BCUT2D eigenvalue weighted by Crippen LogP contribution is 2.30. The Morgan fingerprint density at radius 2 is 1.82 bits per heavy atom. The normalized spacial score (nSPS) is 13.4. The number of nitrogens with zero attached hydrogens (tertiary/aromatic N) is 3. The van der Waals surface area contributed by atoms with Crippen molar-refractivity contribution in [3.05, 3.63) is 101 Å². The molecule has 3 heterocycles. The topological polar surface area (TPSA) is 62.7 Å². The van der Waals surface area contributed by atoms with Gasteiger partial charge in [0.15, 0.2) is 0 Å². The average molecular weight is 388 g/mol. The molecule has 1 aromatic carbocycles. The third kappa shape index (κ3) is 3.94. The molecule has 1 aliphatic heterocycles. The maximum absolute atomic E-state index is 6.37. The van der Waals surface area contributed by atoms with E-state index < -0.39 is 0 Å². The summed E-state index contributed by atoms with van der Waals surface area (Å²) in [4.78, 5) is 12.9. The number of dihydropyridines is 1. The van der Waals surface area contributed by atoms with Crippen LogP contribution in [0.15, 0.2) is 79.3 Å². The van der Waals surface area contributed by atoms with Gasteiger partial charge >= 0.3 is 0 Å². The molecular weight excluding hydrogens is 370 g/mol. The second kappa shape index (κ2) is 7.66. The van der Waals surface area contributed by atoms with E-state index in [-0.39, 0.29) is 0 Å². The Labute approximate surface area is 168 Å². The molecule has 0 atom stereocenters. The van der Waals surface area contributed by atoms with Crippen molar-refractivity contribution in [1.82, 2.24) is 20.3 Å². The molecule has 0 amide bonds. The minimum atomic E-state index is 0.687. The van der Waals surface area contributed by atoms with Crippen LogP contribution in [0.5, 0.6) is 0 Å². The lowest BCUT2D eigenvalue weighted by atomic mass is 9.99. The Kier molecular flexibility index (Phi) is 4.91. The quantitative estimate of drug-likeness (QED) is 0.650. The zero-order valence-electron chi connectivity index (χ0n) is 15.3. The fourth-order valence-electron chi connectivity index (χ4n) is 2.96. The number of hydrogen-bond donors (Lipinski definition) is 2. The van der Waals surface area contributed by atoms with E-state index in [1.807, 2.05) is 55.5 Å². The number of allylic oxidation sites excluding steroid dienone is 3. The van der Waals surface area contributed by atoms with E-state index in [1.54, 1.807) is 12.4 Å². The predicted molar refractivity (Wildman–Crippen MR) is 114 cm³/mol. The third-order valence-electron chi connectivity index (χ3n) is 4.21. The summed E-state index contributed by atoms with van der Waals surface area (Å²) >= 11 is 6.37. The van der Waals surface area contributed by atoms with E-state index in [4.69, 9.17) is 11.6 Å². The van der Waals surface area contributed by atoms with E-state index in [1.165, 1.54) is 0 Å². The molecule has 6 heteroatoms. The molecule has 0 spiro atoms. The van der Waals surface area contributed by atoms with Gasteiger partial charge < -0.3 is 10.6 Å². The van der Waals surface area contributed by atoms with Gasteiger partial charge in [-0.1, -0.05) is 36.4 Å². The van der Waals surface area contributed by atoms with E-state index >= 15 is 0 Å². The number of pyridine rings is 1. The van der Waals surface area contributed by atoms with Crippen LogP contribution in [0.2, 0.25) is 5.02 Å². The van der Waals surface area contributed by atoms with Crippen LogP contribution in [0.25, 0.3) is 11.3 Å². The number of halogens is 1. The monoisotopic (exact) mass is 387 g/mol. The van der Waals surface area contributed by atoms with E-state index in [0.29, 0.717) is 22.5 Å². The molecule has 0 saturated carbocycles. The lowest BCUT2D eigenvalue weighted by Crippen LogP contribution is -2.14. The molecule has 4 rings (SSSR count). The number of rotatable bonds is 4. The van der Waals surface area contributed by atoms with Gasteiger partial charge in [0, 0.05) is 34.4 Å². The molecule has 0 aliphatic carbocycles. The Hall–Kier alpha value is -3.44. The molecule has 5 nitrogen and oxygen atoms in total. The number of anilines is 2. The highest BCUT2D eigenvalue weighted by atomic mass is 35.5. The highest BCUT2D eigenvalue weighted by Gasteiger charge is 2.13. The smallest absolute Gasteiger partial charge is 0.135 e. The van der Waals surface area contributed by atoms with Gasteiger partial charge in [-0.15, -0.1) is 0 Å². The number of aromatic nitrogens is 3. The van der Waals surface area contributed by atoms with Crippen molar-refractivity contribution in [2.75, 3.05) is 5.32 Å². The number of hydrogen-bond acceptors (Lipinski definition) is 5. The van der Waals surface area contributed by atoms with Gasteiger partial charge in [0.2, 0.25) is 0 Å². The standard InChI is InChI=1S/C22H18ClN5/c1-14-11-17(12-20(26-14)18-5-3-4-6-19(18)23)16-7-9-25-22(13-16)28-21-8-10-24-15(2)27-21/h3-13,26H,1H2,2H3,(H,24,25,27,28). The molecule has 1 aliphatic rings. The van der Waals surface area contributed by atoms with Gasteiger partial charge in [-0.25, -0.2) is 15.0 Å². The molecule has 3 aromatic rings. The van der Waals surface area contributed by atoms with Crippen molar-refractivity contribution < 1.29 is 0 Å². The zero-order chi connectivity index (χ0) is 19.5. The second-order valence-electron chi connectivity index (χ2n) is 6.33. The molecule has 0 radical (unpaired) electrons. The molecule has 28 heavy (non-hydrogen) atoms. The van der Waals surface area contributed by atoms with Crippen molar-refractivity contribution in [3.63, 3.8) is 0 Å². The Morgan fingerprint density at radius 1 is 1.00 bits per heavy atom. The van der Waals surface area contributed by atoms with Crippen molar-refractivity contribution in [2.45, 2.75) is 6.92 Å². The van der Waals surface area contributed by atoms with Crippen LogP contribution in [-0.2, 0) is 0 Å². The summed E-state index contributed by atoms with van der Waals surface area (Å²) in [6.07, 6.45) is 7.53. The zero-order valence-corrected chi connectivity index (χ0v) is 16.0. The van der Waals surface area contributed by atoms with Crippen LogP contribution in [0.3, 0.4) is 0 Å². The van der Waals surface area contributed by atoms with Crippen LogP contribution < -0.4 is 10.6 Å². The summed E-state index contributed by atoms with van der Waals surface area (Å²) in [6.45, 7) is 5.92. The van der Waals surface area contributed by atoms with Crippen LogP contribution in [-0.4, -0.2) is 15.0 Å². The highest BCUT2D eigenvalue weighted by molar-refractivity contribution is 6.32. The molecule has 0 fully saturated rings. The molecule has 0 unspecified atom stereocenters. The molecule has 0 saturated heterocycles. The van der Waals surface area contributed by atoms with Crippen LogP contribution in [0.4, 0.5) is 11.6 Å². The third-order valence-corrected chi connectivity index (χ3v) is 4.54. The minimum absolute atomic E-state index is 0.687. The van der Waals surface area contributed by atoms with Crippen molar-refractivity contribution in [2.24, 2.45) is 0 Å². The first-order valence-electron chi connectivity index (χ1n) is 8.76. The summed E-state index contributed by atoms with van der Waals surface area (Å²) < 4.78 is 0. The van der Waals surface area contributed by atoms with Crippen molar-refractivity contribution in [1.29, 1.82) is 0 Å². The van der Waals surface area contributed by atoms with Crippen molar-refractivity contribution in [3.8, 4) is 0 Å². The fourth-order valence-corrected chi connectivity index (χ4v) is 3.19. The second-order valence-corrected chi connectivity index (χ2v) is 6.74. The van der Waals surface area contributed by atoms with E-state index in [2.05, 4.69) is 38.2 Å². The summed E-state index contributed by atoms with van der Waals surface area (Å²) in [5.41, 5.74) is 4.66. The van der Waals surface area contributed by atoms with Crippen LogP contribution in [0, 0.1) is 6.92 Å². The first-order valence-corrected chi connectivity index (χ1v) is 9.13. The van der Waals surface area contributed by atoms with Gasteiger partial charge in [-0.3, -0.25) is 0 Å². The van der Waals surface area contributed by atoms with Crippen LogP contribution in [0.1, 0.15) is 17.0 Å². The van der Waals surface area contributed by atoms with Crippen LogP contribution >= 0.6 is 11.6 Å². The molecule has 2 N–H and O–H groups in total. The SMILES string of the molecule is C=C1C=C(c2ccnc(Nc3ccnc(C)n3)c2)C=C(c2ccccc2Cl)N1. The lowest BCUT2D eigenvalue weighted by Gasteiger charge is -2.19. The Balaban J connectivity index is 1.66. The number of aryl methyl sites for hydroxylation is 1. The first kappa shape index (κ1) is 17.9. The predicted octanol–water partition coefficient (Wildman–Crippen LogP) is 5.12. The maximum Gasteiger partial charge on any atom is 0.135 e. The van der Waals surface area contributed by atoms with Crippen molar-refractivity contribution >= 4 is 34.5 Å². The van der Waals surface area contributed by atoms with Gasteiger partial charge in [0.05, 0.1) is 0 Å². The van der Waals surface area contributed by atoms with Gasteiger partial charge in [-0.2, -0.15) is 0 Å². The summed E-state index contributed by atoms with van der Waals surface area (Å²) in [7, 11) is 0. The van der Waals surface area contributed by atoms with Gasteiger partial charge in [-0.05, 0) is 54.5 Å². The average Bonchev–Trinajstić information content (AvgIpc) is 2.68. The number of benzene rings is 1. The molecule has 2 aromatic heterocycles. The first-order chi connectivity index (χ1) is 13.6. The molecule has 0 bridgehead atoms. The number of nitrogens with one attached hydrogen (secondary N) is 2. The maximum atomic E-state index is 6.37. The largest absolute Gasteiger partial charge is 0.355 e. The molecular formula is C22H18ClN5. The summed E-state index contributed by atoms with van der Waals surface area (Å²) in [6, 6.07) is 13.5. The fraction of sp³-hybridized carbons (Fsp3) is 0.0455. The molecule has 138 valence electrons. The summed E-state index contributed by atoms with van der Waals surface area (Å²) in [5.74, 6) is 2.10. The lowest BCUT2D eigenvalue weighted by molar-refractivity contribution is 1.05. The Morgan fingerprint density at radius 3 is 2.64 bits per heavy atom. The minimum Gasteiger partial charge on any atom is -0.355 e. The van der Waals surface area contributed by atoms with E-state index in [9.17, 15) is 0 Å².